The van der Waals surface area contributed by atoms with E-state index < -0.39 is 0 Å². The zero-order chi connectivity index (χ0) is 12.5. The SMILES string of the molecule is Cc1cc(Cl)ccc1NC(=O)CC1(N)CCC1. The van der Waals surface area contributed by atoms with Crippen LogP contribution in [0.25, 0.3) is 0 Å². The summed E-state index contributed by atoms with van der Waals surface area (Å²) in [5.74, 6) is -0.0161. The second-order valence-electron chi connectivity index (χ2n) is 4.90. The van der Waals surface area contributed by atoms with Gasteiger partial charge >= 0.3 is 0 Å². The van der Waals surface area contributed by atoms with Gasteiger partial charge < -0.3 is 11.1 Å². The van der Waals surface area contributed by atoms with E-state index in [-0.39, 0.29) is 11.4 Å². The molecule has 0 aliphatic heterocycles. The number of benzene rings is 1. The Hall–Kier alpha value is -1.06. The predicted molar refractivity (Wildman–Crippen MR) is 70.2 cm³/mol. The zero-order valence-corrected chi connectivity index (χ0v) is 10.7. The average molecular weight is 253 g/mol. The van der Waals surface area contributed by atoms with Crippen LogP contribution in [0, 0.1) is 6.92 Å². The second-order valence-corrected chi connectivity index (χ2v) is 5.34. The van der Waals surface area contributed by atoms with Gasteiger partial charge in [-0.2, -0.15) is 0 Å². The minimum atomic E-state index is -0.273. The highest BCUT2D eigenvalue weighted by Gasteiger charge is 2.34. The first-order valence-corrected chi connectivity index (χ1v) is 6.21. The van der Waals surface area contributed by atoms with Gasteiger partial charge in [0, 0.05) is 22.7 Å². The molecule has 1 fully saturated rings. The molecule has 0 spiro atoms. The first-order chi connectivity index (χ1) is 7.98. The molecule has 0 saturated heterocycles. The van der Waals surface area contributed by atoms with E-state index >= 15 is 0 Å². The highest BCUT2D eigenvalue weighted by molar-refractivity contribution is 6.30. The third-order valence-corrected chi connectivity index (χ3v) is 3.56. The molecule has 4 heteroatoms. The second kappa shape index (κ2) is 4.67. The molecule has 3 nitrogen and oxygen atoms in total. The Morgan fingerprint density at radius 2 is 2.24 bits per heavy atom. The standard InChI is InChI=1S/C13H17ClN2O/c1-9-7-10(14)3-4-11(9)16-12(17)8-13(15)5-2-6-13/h3-4,7H,2,5-6,8,15H2,1H3,(H,16,17). The smallest absolute Gasteiger partial charge is 0.226 e. The van der Waals surface area contributed by atoms with Crippen molar-refractivity contribution in [3.05, 3.63) is 28.8 Å². The van der Waals surface area contributed by atoms with Crippen molar-refractivity contribution in [2.24, 2.45) is 5.73 Å². The molecule has 0 unspecified atom stereocenters. The van der Waals surface area contributed by atoms with Gasteiger partial charge in [-0.1, -0.05) is 11.6 Å². The lowest BCUT2D eigenvalue weighted by molar-refractivity contribution is -0.118. The quantitative estimate of drug-likeness (QED) is 0.869. The van der Waals surface area contributed by atoms with Crippen LogP contribution in [0.4, 0.5) is 5.69 Å². The van der Waals surface area contributed by atoms with Gasteiger partial charge in [-0.15, -0.1) is 0 Å². The number of carbonyl (C=O) groups is 1. The van der Waals surface area contributed by atoms with Crippen LogP contribution in [0.2, 0.25) is 5.02 Å². The van der Waals surface area contributed by atoms with E-state index in [0.717, 1.165) is 30.5 Å². The fourth-order valence-corrected chi connectivity index (χ4v) is 2.32. The number of amides is 1. The summed E-state index contributed by atoms with van der Waals surface area (Å²) in [6.07, 6.45) is 3.42. The van der Waals surface area contributed by atoms with Gasteiger partial charge in [0.25, 0.3) is 0 Å². The van der Waals surface area contributed by atoms with E-state index in [1.165, 1.54) is 0 Å². The number of anilines is 1. The first-order valence-electron chi connectivity index (χ1n) is 5.83. The number of nitrogens with two attached hydrogens (primary N) is 1. The Labute approximate surface area is 106 Å². The summed E-state index contributed by atoms with van der Waals surface area (Å²) in [5, 5.41) is 3.56. The minimum absolute atomic E-state index is 0.0161. The van der Waals surface area contributed by atoms with E-state index in [0.29, 0.717) is 11.4 Å². The normalized spacial score (nSPS) is 17.4. The third-order valence-electron chi connectivity index (χ3n) is 3.32. The van der Waals surface area contributed by atoms with Gasteiger partial charge in [-0.3, -0.25) is 4.79 Å². The molecule has 0 aromatic heterocycles. The molecule has 1 aliphatic rings. The van der Waals surface area contributed by atoms with Crippen LogP contribution < -0.4 is 11.1 Å². The van der Waals surface area contributed by atoms with Crippen molar-refractivity contribution in [3.63, 3.8) is 0 Å². The van der Waals surface area contributed by atoms with Crippen LogP contribution in [-0.4, -0.2) is 11.4 Å². The largest absolute Gasteiger partial charge is 0.326 e. The van der Waals surface area contributed by atoms with Gasteiger partial charge in [0.15, 0.2) is 0 Å². The predicted octanol–water partition coefficient (Wildman–Crippen LogP) is 2.86. The molecular formula is C13H17ClN2O. The van der Waals surface area contributed by atoms with E-state index in [1.54, 1.807) is 6.07 Å². The van der Waals surface area contributed by atoms with E-state index in [1.807, 2.05) is 19.1 Å². The Morgan fingerprint density at radius 1 is 1.53 bits per heavy atom. The molecule has 2 rings (SSSR count). The number of hydrogen-bond acceptors (Lipinski definition) is 2. The van der Waals surface area contributed by atoms with Crippen LogP contribution >= 0.6 is 11.6 Å². The molecule has 0 bridgehead atoms. The van der Waals surface area contributed by atoms with Gasteiger partial charge in [0.05, 0.1) is 0 Å². The lowest BCUT2D eigenvalue weighted by Gasteiger charge is -2.37. The number of hydrogen-bond donors (Lipinski definition) is 2. The monoisotopic (exact) mass is 252 g/mol. The van der Waals surface area contributed by atoms with Crippen LogP contribution in [-0.2, 0) is 4.79 Å². The molecule has 0 atom stereocenters. The van der Waals surface area contributed by atoms with Gasteiger partial charge in [-0.05, 0) is 49.9 Å². The molecular weight excluding hydrogens is 236 g/mol. The average Bonchev–Trinajstić information content (AvgIpc) is 2.20. The molecule has 3 N–H and O–H groups in total. The highest BCUT2D eigenvalue weighted by Crippen LogP contribution is 2.32. The summed E-state index contributed by atoms with van der Waals surface area (Å²) >= 11 is 5.86. The fourth-order valence-electron chi connectivity index (χ4n) is 2.09. The zero-order valence-electron chi connectivity index (χ0n) is 9.92. The summed E-state index contributed by atoms with van der Waals surface area (Å²) in [6.45, 7) is 1.92. The Morgan fingerprint density at radius 3 is 2.76 bits per heavy atom. The molecule has 92 valence electrons. The first kappa shape index (κ1) is 12.4. The van der Waals surface area contributed by atoms with Crippen molar-refractivity contribution >= 4 is 23.2 Å². The molecule has 1 amide bonds. The summed E-state index contributed by atoms with van der Waals surface area (Å²) in [7, 11) is 0. The Kier molecular flexibility index (Phi) is 3.40. The summed E-state index contributed by atoms with van der Waals surface area (Å²) in [5.41, 5.74) is 7.54. The van der Waals surface area contributed by atoms with Crippen LogP contribution in [0.15, 0.2) is 18.2 Å². The lowest BCUT2D eigenvalue weighted by Crippen LogP contribution is -2.48. The lowest BCUT2D eigenvalue weighted by atomic mass is 9.75. The number of carbonyl (C=O) groups excluding carboxylic acids is 1. The van der Waals surface area contributed by atoms with E-state index in [4.69, 9.17) is 17.3 Å². The summed E-state index contributed by atoms with van der Waals surface area (Å²) in [6, 6.07) is 5.42. The van der Waals surface area contributed by atoms with Gasteiger partial charge in [0.1, 0.15) is 0 Å². The van der Waals surface area contributed by atoms with Crippen molar-refractivity contribution in [1.29, 1.82) is 0 Å². The van der Waals surface area contributed by atoms with Crippen molar-refractivity contribution < 1.29 is 4.79 Å². The Bertz CT molecular complexity index is 441. The number of aryl methyl sites for hydroxylation is 1. The van der Waals surface area contributed by atoms with Crippen molar-refractivity contribution in [2.75, 3.05) is 5.32 Å². The number of nitrogens with one attached hydrogen (secondary N) is 1. The molecule has 1 aromatic carbocycles. The maximum absolute atomic E-state index is 11.8. The van der Waals surface area contributed by atoms with Crippen molar-refractivity contribution in [2.45, 2.75) is 38.1 Å². The maximum atomic E-state index is 11.8. The molecule has 0 heterocycles. The number of halogens is 1. The summed E-state index contributed by atoms with van der Waals surface area (Å²) < 4.78 is 0. The maximum Gasteiger partial charge on any atom is 0.226 e. The van der Waals surface area contributed by atoms with Crippen molar-refractivity contribution in [3.8, 4) is 0 Å². The summed E-state index contributed by atoms with van der Waals surface area (Å²) in [4.78, 5) is 11.8. The van der Waals surface area contributed by atoms with E-state index in [2.05, 4.69) is 5.32 Å². The third kappa shape index (κ3) is 2.99. The fraction of sp³-hybridized carbons (Fsp3) is 0.462. The number of rotatable bonds is 3. The van der Waals surface area contributed by atoms with Gasteiger partial charge in [-0.25, -0.2) is 0 Å². The van der Waals surface area contributed by atoms with Crippen LogP contribution in [0.1, 0.15) is 31.2 Å². The Balaban J connectivity index is 1.98. The molecule has 1 aromatic rings. The molecule has 1 aliphatic carbocycles. The molecule has 0 radical (unpaired) electrons. The van der Waals surface area contributed by atoms with E-state index in [9.17, 15) is 4.79 Å². The van der Waals surface area contributed by atoms with Crippen LogP contribution in [0.3, 0.4) is 0 Å². The highest BCUT2D eigenvalue weighted by atomic mass is 35.5. The minimum Gasteiger partial charge on any atom is -0.326 e. The molecule has 1 saturated carbocycles. The van der Waals surface area contributed by atoms with Crippen molar-refractivity contribution in [1.82, 2.24) is 0 Å². The van der Waals surface area contributed by atoms with Crippen LogP contribution in [0.5, 0.6) is 0 Å². The topological polar surface area (TPSA) is 55.1 Å². The molecule has 17 heavy (non-hydrogen) atoms. The van der Waals surface area contributed by atoms with Gasteiger partial charge in [0.2, 0.25) is 5.91 Å².